The molecule has 124 valence electrons. The highest BCUT2D eigenvalue weighted by Crippen LogP contribution is 2.20. The molecule has 2 saturated heterocycles. The minimum atomic E-state index is -0.717. The number of rotatable bonds is 4. The van der Waals surface area contributed by atoms with Crippen LogP contribution in [0.1, 0.15) is 23.7 Å². The first-order valence-corrected chi connectivity index (χ1v) is 7.55. The van der Waals surface area contributed by atoms with Crippen LogP contribution in [0.3, 0.4) is 0 Å². The SMILES string of the molecule is CC1NC2NCNN2C(=O)C1CCOC(=O)c1ccccc1F. The van der Waals surface area contributed by atoms with E-state index >= 15 is 0 Å². The number of esters is 1. The van der Waals surface area contributed by atoms with E-state index in [0.717, 1.165) is 0 Å². The molecule has 7 nitrogen and oxygen atoms in total. The second kappa shape index (κ2) is 6.61. The fourth-order valence-electron chi connectivity index (χ4n) is 2.86. The van der Waals surface area contributed by atoms with Crippen LogP contribution in [0.25, 0.3) is 0 Å². The number of halogens is 1. The van der Waals surface area contributed by atoms with E-state index in [1.807, 2.05) is 6.92 Å². The van der Waals surface area contributed by atoms with Crippen molar-refractivity contribution in [1.82, 2.24) is 21.1 Å². The van der Waals surface area contributed by atoms with Gasteiger partial charge in [-0.3, -0.25) is 15.4 Å². The molecule has 2 aliphatic rings. The van der Waals surface area contributed by atoms with E-state index < -0.39 is 11.8 Å². The van der Waals surface area contributed by atoms with Gasteiger partial charge in [0.25, 0.3) is 0 Å². The van der Waals surface area contributed by atoms with Crippen LogP contribution in [0.2, 0.25) is 0 Å². The van der Waals surface area contributed by atoms with E-state index in [2.05, 4.69) is 16.1 Å². The quantitative estimate of drug-likeness (QED) is 0.685. The number of ether oxygens (including phenoxy) is 1. The molecule has 0 aliphatic carbocycles. The fraction of sp³-hybridized carbons (Fsp3) is 0.467. The smallest absolute Gasteiger partial charge is 0.341 e. The van der Waals surface area contributed by atoms with Crippen molar-refractivity contribution in [3.05, 3.63) is 35.6 Å². The van der Waals surface area contributed by atoms with E-state index in [9.17, 15) is 14.0 Å². The van der Waals surface area contributed by atoms with E-state index in [4.69, 9.17) is 4.74 Å². The molecular weight excluding hydrogens is 303 g/mol. The van der Waals surface area contributed by atoms with E-state index in [1.165, 1.54) is 23.2 Å². The Morgan fingerprint density at radius 3 is 3.00 bits per heavy atom. The second-order valence-electron chi connectivity index (χ2n) is 5.62. The summed E-state index contributed by atoms with van der Waals surface area (Å²) in [4.78, 5) is 24.3. The van der Waals surface area contributed by atoms with Gasteiger partial charge in [0.2, 0.25) is 5.91 Å². The van der Waals surface area contributed by atoms with Gasteiger partial charge in [0.05, 0.1) is 24.8 Å². The molecule has 23 heavy (non-hydrogen) atoms. The Bertz CT molecular complexity index is 612. The molecule has 3 N–H and O–H groups in total. The maximum atomic E-state index is 13.5. The van der Waals surface area contributed by atoms with Gasteiger partial charge >= 0.3 is 5.97 Å². The minimum Gasteiger partial charge on any atom is -0.462 e. The lowest BCUT2D eigenvalue weighted by Crippen LogP contribution is -2.64. The zero-order chi connectivity index (χ0) is 16.4. The highest BCUT2D eigenvalue weighted by molar-refractivity contribution is 5.89. The molecule has 2 aliphatic heterocycles. The van der Waals surface area contributed by atoms with Crippen molar-refractivity contribution < 1.29 is 18.7 Å². The van der Waals surface area contributed by atoms with Crippen molar-refractivity contribution in [3.63, 3.8) is 0 Å². The Kier molecular flexibility index (Phi) is 4.56. The van der Waals surface area contributed by atoms with Crippen LogP contribution in [-0.2, 0) is 9.53 Å². The summed E-state index contributed by atoms with van der Waals surface area (Å²) in [7, 11) is 0. The highest BCUT2D eigenvalue weighted by Gasteiger charge is 2.41. The van der Waals surface area contributed by atoms with Crippen molar-refractivity contribution >= 4 is 11.9 Å². The summed E-state index contributed by atoms with van der Waals surface area (Å²) in [5.74, 6) is -1.69. The molecule has 1 amide bonds. The largest absolute Gasteiger partial charge is 0.462 e. The third-order valence-corrected chi connectivity index (χ3v) is 4.14. The highest BCUT2D eigenvalue weighted by atomic mass is 19.1. The van der Waals surface area contributed by atoms with Crippen LogP contribution in [0.15, 0.2) is 24.3 Å². The lowest BCUT2D eigenvalue weighted by atomic mass is 9.94. The predicted octanol–water partition coefficient (Wildman–Crippen LogP) is 0.158. The van der Waals surface area contributed by atoms with Crippen LogP contribution >= 0.6 is 0 Å². The van der Waals surface area contributed by atoms with Crippen LogP contribution in [0, 0.1) is 11.7 Å². The standard InChI is InChI=1S/C15H19FN4O3/c1-9-10(13(21)20-15(19-9)17-8-18-20)6-7-23-14(22)11-4-2-3-5-12(11)16/h2-5,9-10,15,17-19H,6-8H2,1H3. The summed E-state index contributed by atoms with van der Waals surface area (Å²) in [5.41, 5.74) is 2.85. The Labute approximate surface area is 133 Å². The Hall–Kier alpha value is -2.03. The van der Waals surface area contributed by atoms with Gasteiger partial charge in [-0.25, -0.2) is 19.6 Å². The Morgan fingerprint density at radius 2 is 2.22 bits per heavy atom. The van der Waals surface area contributed by atoms with Crippen molar-refractivity contribution in [2.45, 2.75) is 25.7 Å². The lowest BCUT2D eigenvalue weighted by molar-refractivity contribution is -0.147. The number of nitrogens with one attached hydrogen (secondary N) is 3. The third-order valence-electron chi connectivity index (χ3n) is 4.14. The van der Waals surface area contributed by atoms with E-state index in [0.29, 0.717) is 13.1 Å². The van der Waals surface area contributed by atoms with Crippen molar-refractivity contribution in [3.8, 4) is 0 Å². The first-order chi connectivity index (χ1) is 11.1. The van der Waals surface area contributed by atoms with Gasteiger partial charge in [-0.05, 0) is 25.5 Å². The van der Waals surface area contributed by atoms with Gasteiger partial charge < -0.3 is 4.74 Å². The minimum absolute atomic E-state index is 0.0480. The molecule has 3 rings (SSSR count). The maximum absolute atomic E-state index is 13.5. The van der Waals surface area contributed by atoms with E-state index in [-0.39, 0.29) is 36.3 Å². The summed E-state index contributed by atoms with van der Waals surface area (Å²) in [6, 6.07) is 5.61. The summed E-state index contributed by atoms with van der Waals surface area (Å²) >= 11 is 0. The number of hydrogen-bond acceptors (Lipinski definition) is 6. The van der Waals surface area contributed by atoms with Crippen molar-refractivity contribution in [1.29, 1.82) is 0 Å². The van der Waals surface area contributed by atoms with Gasteiger partial charge in [-0.1, -0.05) is 12.1 Å². The van der Waals surface area contributed by atoms with Gasteiger partial charge in [-0.15, -0.1) is 0 Å². The molecule has 8 heteroatoms. The summed E-state index contributed by atoms with van der Waals surface area (Å²) in [6.45, 7) is 2.49. The first kappa shape index (κ1) is 15.9. The number of amides is 1. The number of carbonyl (C=O) groups is 2. The number of carbonyl (C=O) groups excluding carboxylic acids is 2. The van der Waals surface area contributed by atoms with Crippen LogP contribution in [0.4, 0.5) is 4.39 Å². The predicted molar refractivity (Wildman–Crippen MR) is 79.2 cm³/mol. The zero-order valence-corrected chi connectivity index (χ0v) is 12.7. The monoisotopic (exact) mass is 322 g/mol. The number of hydrazine groups is 1. The molecule has 0 spiro atoms. The normalized spacial score (nSPS) is 27.0. The number of nitrogens with zero attached hydrogens (tertiary/aromatic N) is 1. The molecular formula is C15H19FN4O3. The average Bonchev–Trinajstić information content (AvgIpc) is 2.99. The molecule has 2 fully saturated rings. The van der Waals surface area contributed by atoms with Gasteiger partial charge in [0.1, 0.15) is 5.82 Å². The molecule has 0 radical (unpaired) electrons. The fourth-order valence-corrected chi connectivity index (χ4v) is 2.86. The molecule has 2 heterocycles. The number of hydrogen-bond donors (Lipinski definition) is 3. The molecule has 0 aromatic heterocycles. The van der Waals surface area contributed by atoms with Crippen LogP contribution in [0.5, 0.6) is 0 Å². The maximum Gasteiger partial charge on any atom is 0.341 e. The van der Waals surface area contributed by atoms with Crippen LogP contribution < -0.4 is 16.1 Å². The molecule has 3 unspecified atom stereocenters. The van der Waals surface area contributed by atoms with Gasteiger partial charge in [0.15, 0.2) is 6.29 Å². The lowest BCUT2D eigenvalue weighted by Gasteiger charge is -2.38. The zero-order valence-electron chi connectivity index (χ0n) is 12.7. The van der Waals surface area contributed by atoms with Gasteiger partial charge in [-0.2, -0.15) is 0 Å². The van der Waals surface area contributed by atoms with Crippen molar-refractivity contribution in [2.24, 2.45) is 5.92 Å². The number of benzene rings is 1. The molecule has 3 atom stereocenters. The summed E-state index contributed by atoms with van der Waals surface area (Å²) < 4.78 is 18.6. The van der Waals surface area contributed by atoms with E-state index in [1.54, 1.807) is 6.07 Å². The van der Waals surface area contributed by atoms with Crippen LogP contribution in [-0.4, -0.2) is 42.5 Å². The van der Waals surface area contributed by atoms with Crippen molar-refractivity contribution in [2.75, 3.05) is 13.3 Å². The third kappa shape index (κ3) is 3.19. The van der Waals surface area contributed by atoms with Gasteiger partial charge in [0, 0.05) is 6.04 Å². The Morgan fingerprint density at radius 1 is 1.43 bits per heavy atom. The Balaban J connectivity index is 1.55. The second-order valence-corrected chi connectivity index (χ2v) is 5.62. The summed E-state index contributed by atoms with van der Waals surface area (Å²) in [5, 5.41) is 7.88. The molecule has 0 bridgehead atoms. The number of fused-ring (bicyclic) bond motifs is 1. The molecule has 0 saturated carbocycles. The molecule has 1 aromatic carbocycles. The summed E-state index contributed by atoms with van der Waals surface area (Å²) in [6.07, 6.45) is 0.160. The average molecular weight is 322 g/mol. The topological polar surface area (TPSA) is 82.7 Å². The first-order valence-electron chi connectivity index (χ1n) is 7.55. The molecule has 1 aromatic rings.